The van der Waals surface area contributed by atoms with Gasteiger partial charge in [-0.3, -0.25) is 0 Å². The zero-order valence-electron chi connectivity index (χ0n) is 13.6. The molecule has 1 nitrogen and oxygen atoms in total. The second-order valence-electron chi connectivity index (χ2n) is 6.70. The summed E-state index contributed by atoms with van der Waals surface area (Å²) in [6, 6.07) is 14.1. The van der Waals surface area contributed by atoms with Gasteiger partial charge in [-0.25, -0.2) is 0 Å². The van der Waals surface area contributed by atoms with Crippen LogP contribution in [-0.4, -0.2) is 6.29 Å². The molecule has 24 heavy (non-hydrogen) atoms. The maximum Gasteiger partial charge on any atom is 0.125 e. The summed E-state index contributed by atoms with van der Waals surface area (Å²) < 4.78 is 1.23. The molecule has 0 fully saturated rings. The van der Waals surface area contributed by atoms with Gasteiger partial charge in [0.05, 0.1) is 0 Å². The molecule has 0 amide bonds. The highest BCUT2D eigenvalue weighted by molar-refractivity contribution is 7.19. The summed E-state index contributed by atoms with van der Waals surface area (Å²) in [5.41, 5.74) is 1.82. The zero-order chi connectivity index (χ0) is 17.3. The standard InChI is InChI=1S/C20H18Cl2OS/c1-20(2,12-23)11-14-10-15-13(5-3-8-19(15)24-14)9-16-17(21)6-4-7-18(16)22/h3-8,10,12H,9,11H2,1-2H3. The summed E-state index contributed by atoms with van der Waals surface area (Å²) >= 11 is 14.4. The van der Waals surface area contributed by atoms with Crippen molar-refractivity contribution in [3.05, 3.63) is 68.5 Å². The van der Waals surface area contributed by atoms with E-state index < -0.39 is 0 Å². The van der Waals surface area contributed by atoms with Crippen molar-refractivity contribution in [1.82, 2.24) is 0 Å². The first-order chi connectivity index (χ1) is 11.4. The number of rotatable bonds is 5. The maximum absolute atomic E-state index is 11.2. The zero-order valence-corrected chi connectivity index (χ0v) is 15.9. The third kappa shape index (κ3) is 3.66. The van der Waals surface area contributed by atoms with E-state index in [4.69, 9.17) is 23.2 Å². The molecule has 0 saturated carbocycles. The molecule has 124 valence electrons. The molecule has 3 aromatic rings. The number of benzene rings is 2. The van der Waals surface area contributed by atoms with Crippen LogP contribution in [0.4, 0.5) is 0 Å². The van der Waals surface area contributed by atoms with E-state index in [0.717, 1.165) is 18.3 Å². The molecule has 2 aromatic carbocycles. The van der Waals surface area contributed by atoms with Gasteiger partial charge in [0.1, 0.15) is 6.29 Å². The third-order valence-corrected chi connectivity index (χ3v) is 5.89. The van der Waals surface area contributed by atoms with Crippen LogP contribution in [0.15, 0.2) is 42.5 Å². The van der Waals surface area contributed by atoms with Crippen LogP contribution in [0.3, 0.4) is 0 Å². The van der Waals surface area contributed by atoms with E-state index >= 15 is 0 Å². The predicted octanol–water partition coefficient (Wildman–Crippen LogP) is 6.57. The molecule has 1 heterocycles. The Bertz CT molecular complexity index is 876. The Morgan fingerprint density at radius 2 is 1.75 bits per heavy atom. The minimum Gasteiger partial charge on any atom is -0.303 e. The number of carbonyl (C=O) groups excluding carboxylic acids is 1. The Kier molecular flexibility index (Phi) is 5.00. The second-order valence-corrected chi connectivity index (χ2v) is 8.68. The van der Waals surface area contributed by atoms with E-state index in [1.165, 1.54) is 20.5 Å². The van der Waals surface area contributed by atoms with Crippen molar-refractivity contribution in [3.63, 3.8) is 0 Å². The van der Waals surface area contributed by atoms with Crippen LogP contribution in [0.5, 0.6) is 0 Å². The monoisotopic (exact) mass is 376 g/mol. The quantitative estimate of drug-likeness (QED) is 0.460. The number of carbonyl (C=O) groups is 1. The van der Waals surface area contributed by atoms with Crippen LogP contribution in [0.1, 0.15) is 29.9 Å². The lowest BCUT2D eigenvalue weighted by Crippen LogP contribution is -2.15. The summed E-state index contributed by atoms with van der Waals surface area (Å²) in [4.78, 5) is 12.4. The van der Waals surface area contributed by atoms with Crippen molar-refractivity contribution in [2.24, 2.45) is 5.41 Å². The van der Waals surface area contributed by atoms with E-state index in [1.807, 2.05) is 32.0 Å². The molecular weight excluding hydrogens is 359 g/mol. The number of hydrogen-bond acceptors (Lipinski definition) is 2. The van der Waals surface area contributed by atoms with Crippen LogP contribution < -0.4 is 0 Å². The minimum atomic E-state index is -0.340. The Hall–Kier alpha value is -1.35. The molecule has 0 saturated heterocycles. The SMILES string of the molecule is CC(C)(C=O)Cc1cc2c(Cc3c(Cl)cccc3Cl)cccc2s1. The first kappa shape index (κ1) is 17.5. The Labute approximate surface area is 156 Å². The summed E-state index contributed by atoms with van der Waals surface area (Å²) in [6.45, 7) is 3.93. The van der Waals surface area contributed by atoms with E-state index in [-0.39, 0.29) is 5.41 Å². The lowest BCUT2D eigenvalue weighted by atomic mass is 9.90. The Balaban J connectivity index is 2.00. The first-order valence-electron chi connectivity index (χ1n) is 7.79. The highest BCUT2D eigenvalue weighted by Gasteiger charge is 2.19. The molecule has 0 aliphatic carbocycles. The van der Waals surface area contributed by atoms with Crippen molar-refractivity contribution in [3.8, 4) is 0 Å². The highest BCUT2D eigenvalue weighted by Crippen LogP contribution is 2.35. The maximum atomic E-state index is 11.2. The second kappa shape index (κ2) is 6.87. The van der Waals surface area contributed by atoms with Crippen LogP contribution in [0, 0.1) is 5.41 Å². The van der Waals surface area contributed by atoms with Gasteiger partial charge in [-0.1, -0.05) is 55.2 Å². The lowest BCUT2D eigenvalue weighted by Gasteiger charge is -2.14. The fraction of sp³-hybridized carbons (Fsp3) is 0.250. The molecule has 0 aliphatic rings. The summed E-state index contributed by atoms with van der Waals surface area (Å²) in [5.74, 6) is 0. The largest absolute Gasteiger partial charge is 0.303 e. The van der Waals surface area contributed by atoms with Crippen molar-refractivity contribution < 1.29 is 4.79 Å². The van der Waals surface area contributed by atoms with Crippen molar-refractivity contribution in [1.29, 1.82) is 0 Å². The van der Waals surface area contributed by atoms with Crippen molar-refractivity contribution in [2.45, 2.75) is 26.7 Å². The average molecular weight is 377 g/mol. The molecule has 4 heteroatoms. The van der Waals surface area contributed by atoms with Gasteiger partial charge in [0.2, 0.25) is 0 Å². The lowest BCUT2D eigenvalue weighted by molar-refractivity contribution is -0.114. The van der Waals surface area contributed by atoms with Gasteiger partial charge >= 0.3 is 0 Å². The molecule has 0 aliphatic heterocycles. The summed E-state index contributed by atoms with van der Waals surface area (Å²) in [5, 5.41) is 2.60. The van der Waals surface area contributed by atoms with E-state index in [2.05, 4.69) is 24.3 Å². The third-order valence-electron chi connectivity index (χ3n) is 4.08. The molecule has 0 N–H and O–H groups in total. The van der Waals surface area contributed by atoms with Crippen LogP contribution in [0.25, 0.3) is 10.1 Å². The molecule has 0 atom stereocenters. The minimum absolute atomic E-state index is 0.340. The fourth-order valence-electron chi connectivity index (χ4n) is 2.80. The molecule has 0 bridgehead atoms. The van der Waals surface area contributed by atoms with E-state index in [9.17, 15) is 4.79 Å². The van der Waals surface area contributed by atoms with Crippen LogP contribution in [0.2, 0.25) is 10.0 Å². The number of hydrogen-bond donors (Lipinski definition) is 0. The summed E-state index contributed by atoms with van der Waals surface area (Å²) in [6.07, 6.45) is 2.48. The molecule has 0 unspecified atom stereocenters. The van der Waals surface area contributed by atoms with Crippen LogP contribution >= 0.6 is 34.5 Å². The van der Waals surface area contributed by atoms with E-state index in [0.29, 0.717) is 16.5 Å². The Morgan fingerprint density at radius 1 is 1.08 bits per heavy atom. The van der Waals surface area contributed by atoms with Gasteiger partial charge < -0.3 is 4.79 Å². The number of thiophene rings is 1. The van der Waals surface area contributed by atoms with Crippen molar-refractivity contribution in [2.75, 3.05) is 0 Å². The van der Waals surface area contributed by atoms with Gasteiger partial charge in [0.25, 0.3) is 0 Å². The molecule has 1 aromatic heterocycles. The Morgan fingerprint density at radius 3 is 2.42 bits per heavy atom. The molecule has 3 rings (SSSR count). The number of aldehydes is 1. The van der Waals surface area contributed by atoms with E-state index in [1.54, 1.807) is 11.3 Å². The number of fused-ring (bicyclic) bond motifs is 1. The van der Waals surface area contributed by atoms with Gasteiger partial charge in [-0.2, -0.15) is 0 Å². The van der Waals surface area contributed by atoms with Crippen molar-refractivity contribution >= 4 is 50.9 Å². The summed E-state index contributed by atoms with van der Waals surface area (Å²) in [7, 11) is 0. The number of halogens is 2. The highest BCUT2D eigenvalue weighted by atomic mass is 35.5. The molecule has 0 spiro atoms. The van der Waals surface area contributed by atoms with Gasteiger partial charge in [0.15, 0.2) is 0 Å². The fourth-order valence-corrected chi connectivity index (χ4v) is 4.68. The molecular formula is C20H18Cl2OS. The topological polar surface area (TPSA) is 17.1 Å². The average Bonchev–Trinajstić information content (AvgIpc) is 2.93. The van der Waals surface area contributed by atoms with Gasteiger partial charge in [-0.15, -0.1) is 11.3 Å². The normalized spacial score (nSPS) is 11.8. The van der Waals surface area contributed by atoms with Gasteiger partial charge in [-0.05, 0) is 47.2 Å². The molecule has 0 radical (unpaired) electrons. The first-order valence-corrected chi connectivity index (χ1v) is 9.36. The van der Waals surface area contributed by atoms with Gasteiger partial charge in [0, 0.05) is 31.5 Å². The smallest absolute Gasteiger partial charge is 0.125 e. The van der Waals surface area contributed by atoms with Crippen LogP contribution in [-0.2, 0) is 17.6 Å². The predicted molar refractivity (Wildman–Crippen MR) is 105 cm³/mol.